The number of rotatable bonds is 4. The molecule has 2 heterocycles. The maximum Gasteiger partial charge on any atom is 0.279 e. The molecule has 0 saturated carbocycles. The topological polar surface area (TPSA) is 127 Å². The molecule has 0 aliphatic carbocycles. The predicted octanol–water partition coefficient (Wildman–Crippen LogP) is 1.33. The average molecular weight is 345 g/mol. The lowest BCUT2D eigenvalue weighted by molar-refractivity contribution is 0.596. The van der Waals surface area contributed by atoms with Gasteiger partial charge in [-0.1, -0.05) is 11.6 Å². The molecule has 0 fully saturated rings. The van der Waals surface area contributed by atoms with E-state index in [0.717, 1.165) is 11.7 Å². The molecule has 2 aromatic heterocycles. The van der Waals surface area contributed by atoms with Crippen LogP contribution in [0.25, 0.3) is 11.0 Å². The van der Waals surface area contributed by atoms with Gasteiger partial charge in [0.2, 0.25) is 0 Å². The van der Waals surface area contributed by atoms with Gasteiger partial charge >= 0.3 is 0 Å². The largest absolute Gasteiger partial charge is 0.326 e. The second-order valence-corrected chi connectivity index (χ2v) is 6.64. The molecule has 3 rings (SSSR count). The Morgan fingerprint density at radius 3 is 2.95 bits per heavy atom. The molecular weight excluding hydrogens is 336 g/mol. The molecule has 4 N–H and O–H groups in total. The van der Waals surface area contributed by atoms with E-state index in [4.69, 9.17) is 17.3 Å². The Hall–Kier alpha value is -1.75. The number of hydrogen-bond donors (Lipinski definition) is 3. The van der Waals surface area contributed by atoms with Crippen molar-refractivity contribution in [2.24, 2.45) is 5.73 Å². The van der Waals surface area contributed by atoms with Crippen molar-refractivity contribution >= 4 is 50.1 Å². The number of aromatic amines is 1. The molecule has 8 nitrogen and oxygen atoms in total. The minimum atomic E-state index is -3.90. The minimum Gasteiger partial charge on any atom is -0.326 e. The number of aromatic nitrogens is 4. The van der Waals surface area contributed by atoms with E-state index in [-0.39, 0.29) is 22.3 Å². The first-order valence-electron chi connectivity index (χ1n) is 5.69. The van der Waals surface area contributed by atoms with Crippen molar-refractivity contribution in [3.05, 3.63) is 28.9 Å². The molecule has 0 atom stereocenters. The molecule has 1 aromatic carbocycles. The highest BCUT2D eigenvalue weighted by atomic mass is 35.5. The van der Waals surface area contributed by atoms with Crippen molar-refractivity contribution in [3.63, 3.8) is 0 Å². The number of fused-ring (bicyclic) bond motifs is 1. The van der Waals surface area contributed by atoms with Crippen LogP contribution >= 0.6 is 23.3 Å². The number of halogens is 1. The summed E-state index contributed by atoms with van der Waals surface area (Å²) in [6.45, 7) is 0.0446. The molecule has 11 heteroatoms. The fourth-order valence-corrected chi connectivity index (χ4v) is 3.82. The summed E-state index contributed by atoms with van der Waals surface area (Å²) in [5, 5.41) is 6.25. The van der Waals surface area contributed by atoms with Crippen molar-refractivity contribution in [1.82, 2.24) is 18.9 Å². The van der Waals surface area contributed by atoms with Gasteiger partial charge in [0.25, 0.3) is 10.0 Å². The Morgan fingerprint density at radius 2 is 2.19 bits per heavy atom. The fraction of sp³-hybridized carbons (Fsp3) is 0.100. The van der Waals surface area contributed by atoms with Gasteiger partial charge in [-0.25, -0.2) is 0 Å². The lowest BCUT2D eigenvalue weighted by Gasteiger charge is -2.09. The summed E-state index contributed by atoms with van der Waals surface area (Å²) in [6, 6.07) is 3.22. The monoisotopic (exact) mass is 344 g/mol. The third kappa shape index (κ3) is 2.46. The summed E-state index contributed by atoms with van der Waals surface area (Å²) in [7, 11) is -3.90. The molecule has 0 radical (unpaired) electrons. The van der Waals surface area contributed by atoms with Gasteiger partial charge in [0.1, 0.15) is 11.0 Å². The van der Waals surface area contributed by atoms with Crippen molar-refractivity contribution in [3.8, 4) is 0 Å². The number of benzene rings is 1. The molecule has 0 amide bonds. The summed E-state index contributed by atoms with van der Waals surface area (Å²) in [5.41, 5.74) is 7.00. The lowest BCUT2D eigenvalue weighted by Crippen LogP contribution is -2.16. The van der Waals surface area contributed by atoms with E-state index in [1.165, 1.54) is 6.20 Å². The van der Waals surface area contributed by atoms with Crippen molar-refractivity contribution in [2.45, 2.75) is 11.6 Å². The first-order chi connectivity index (χ1) is 10.0. The van der Waals surface area contributed by atoms with Crippen LogP contribution in [-0.2, 0) is 16.6 Å². The van der Waals surface area contributed by atoms with Gasteiger partial charge in [-0.3, -0.25) is 9.82 Å². The van der Waals surface area contributed by atoms with Gasteiger partial charge < -0.3 is 5.73 Å². The molecule has 0 aliphatic rings. The van der Waals surface area contributed by atoms with Crippen molar-refractivity contribution in [2.75, 3.05) is 4.72 Å². The number of anilines is 1. The summed E-state index contributed by atoms with van der Waals surface area (Å²) in [4.78, 5) is 0. The normalized spacial score (nSPS) is 11.9. The Bertz CT molecular complexity index is 903. The van der Waals surface area contributed by atoms with Gasteiger partial charge in [-0.05, 0) is 12.1 Å². The SMILES string of the molecule is NCc1cn[nH]c1S(=O)(=O)Nc1c(Cl)ccc2nsnc12. The third-order valence-corrected chi connectivity index (χ3v) is 5.00. The zero-order chi connectivity index (χ0) is 15.0. The molecule has 0 spiro atoms. The van der Waals surface area contributed by atoms with Gasteiger partial charge in [0.15, 0.2) is 5.03 Å². The first-order valence-corrected chi connectivity index (χ1v) is 8.28. The molecule has 110 valence electrons. The van der Waals surface area contributed by atoms with Crippen molar-refractivity contribution < 1.29 is 8.42 Å². The number of nitrogens with two attached hydrogens (primary N) is 1. The standard InChI is InChI=1S/C10H9ClN6O2S2/c11-6-1-2-7-9(16-20-15-7)8(6)17-21(18,19)10-5(3-12)4-13-14-10/h1-2,4,17H,3,12H2,(H,13,14). The van der Waals surface area contributed by atoms with Crippen LogP contribution in [0.1, 0.15) is 5.56 Å². The van der Waals surface area contributed by atoms with Crippen LogP contribution in [0.15, 0.2) is 23.4 Å². The van der Waals surface area contributed by atoms with Crippen LogP contribution in [0.2, 0.25) is 5.02 Å². The molecule has 0 unspecified atom stereocenters. The molecule has 0 bridgehead atoms. The molecular formula is C10H9ClN6O2S2. The highest BCUT2D eigenvalue weighted by Crippen LogP contribution is 2.31. The van der Waals surface area contributed by atoms with E-state index >= 15 is 0 Å². The van der Waals surface area contributed by atoms with Crippen LogP contribution in [0.5, 0.6) is 0 Å². The Labute approximate surface area is 128 Å². The fourth-order valence-electron chi connectivity index (χ4n) is 1.79. The second-order valence-electron chi connectivity index (χ2n) is 4.09. The third-order valence-electron chi connectivity index (χ3n) is 2.78. The zero-order valence-electron chi connectivity index (χ0n) is 10.4. The Morgan fingerprint density at radius 1 is 1.38 bits per heavy atom. The van der Waals surface area contributed by atoms with Gasteiger partial charge in [-0.2, -0.15) is 22.3 Å². The smallest absolute Gasteiger partial charge is 0.279 e. The zero-order valence-corrected chi connectivity index (χ0v) is 12.8. The first kappa shape index (κ1) is 14.2. The van der Waals surface area contributed by atoms with E-state index < -0.39 is 10.0 Å². The van der Waals surface area contributed by atoms with Crippen LogP contribution in [0.4, 0.5) is 5.69 Å². The molecule has 3 aromatic rings. The van der Waals surface area contributed by atoms with E-state index in [0.29, 0.717) is 16.6 Å². The second kappa shape index (κ2) is 5.22. The predicted molar refractivity (Wildman–Crippen MR) is 79.7 cm³/mol. The summed E-state index contributed by atoms with van der Waals surface area (Å²) < 4.78 is 35.3. The van der Waals surface area contributed by atoms with Gasteiger partial charge in [0.05, 0.1) is 28.6 Å². The summed E-state index contributed by atoms with van der Waals surface area (Å²) in [6.07, 6.45) is 1.36. The summed E-state index contributed by atoms with van der Waals surface area (Å²) >= 11 is 7.03. The average Bonchev–Trinajstić information content (AvgIpc) is 3.10. The molecule has 21 heavy (non-hydrogen) atoms. The van der Waals surface area contributed by atoms with Crippen LogP contribution < -0.4 is 10.5 Å². The minimum absolute atomic E-state index is 0.0446. The highest BCUT2D eigenvalue weighted by molar-refractivity contribution is 7.92. The van der Waals surface area contributed by atoms with Crippen molar-refractivity contribution in [1.29, 1.82) is 0 Å². The Balaban J connectivity index is 2.09. The lowest BCUT2D eigenvalue weighted by atomic mass is 10.3. The molecule has 0 aliphatic heterocycles. The van der Waals surface area contributed by atoms with E-state index in [1.807, 2.05) is 0 Å². The summed E-state index contributed by atoms with van der Waals surface area (Å²) in [5.74, 6) is 0. The maximum atomic E-state index is 12.4. The van der Waals surface area contributed by atoms with Crippen LogP contribution in [0, 0.1) is 0 Å². The number of hydrogen-bond acceptors (Lipinski definition) is 7. The van der Waals surface area contributed by atoms with Crippen LogP contribution in [-0.4, -0.2) is 27.4 Å². The van der Waals surface area contributed by atoms with E-state index in [2.05, 4.69) is 23.7 Å². The number of H-pyrrole nitrogens is 1. The number of sulfonamides is 1. The maximum absolute atomic E-state index is 12.4. The van der Waals surface area contributed by atoms with E-state index in [1.54, 1.807) is 12.1 Å². The Kier molecular flexibility index (Phi) is 3.53. The van der Waals surface area contributed by atoms with Gasteiger partial charge in [0, 0.05) is 12.1 Å². The quantitative estimate of drug-likeness (QED) is 0.655. The van der Waals surface area contributed by atoms with Crippen LogP contribution in [0.3, 0.4) is 0 Å². The highest BCUT2D eigenvalue weighted by Gasteiger charge is 2.23. The number of nitrogens with one attached hydrogen (secondary N) is 2. The molecule has 0 saturated heterocycles. The number of nitrogens with zero attached hydrogens (tertiary/aromatic N) is 3. The van der Waals surface area contributed by atoms with E-state index in [9.17, 15) is 8.42 Å². The van der Waals surface area contributed by atoms with Gasteiger partial charge in [-0.15, -0.1) is 0 Å².